The molecule has 2 aliphatic rings. The van der Waals surface area contributed by atoms with Gasteiger partial charge in [-0.1, -0.05) is 53.7 Å². The number of benzene rings is 4. The van der Waals surface area contributed by atoms with Crippen molar-refractivity contribution in [3.05, 3.63) is 93.0 Å². The van der Waals surface area contributed by atoms with Gasteiger partial charge >= 0.3 is 0 Å². The summed E-state index contributed by atoms with van der Waals surface area (Å²) < 4.78 is 11.3. The second kappa shape index (κ2) is 10.4. The molecule has 0 aliphatic heterocycles. The summed E-state index contributed by atoms with van der Waals surface area (Å²) in [6.07, 6.45) is 0. The van der Waals surface area contributed by atoms with Gasteiger partial charge in [-0.15, -0.1) is 0 Å². The highest BCUT2D eigenvalue weighted by molar-refractivity contribution is 5.70. The standard InChI is InChI=1S/C38H42O8/c1-37(2,3)23-9-17(11-27(45-7)35(23)43)29-31-21(13-19(39)15-25(31)41)34-30(33(29)22-14-20(40)16-26(42)32(22)34)18-10-24(38(4,5)6)36(44)28(12-18)46-8/h9-16,29-30,33-34,39-44H,1-8H3/t29-,30?,33?,34?/m0/s1. The van der Waals surface area contributed by atoms with Gasteiger partial charge in [-0.2, -0.15) is 0 Å². The molecule has 2 aliphatic carbocycles. The van der Waals surface area contributed by atoms with Crippen molar-refractivity contribution in [1.82, 2.24) is 0 Å². The van der Waals surface area contributed by atoms with E-state index in [0.29, 0.717) is 39.1 Å². The SMILES string of the molecule is COc1cc(C2C3c4cc(O)cc(O)c4[C@H](c4cc(OC)c(O)c(C(C)(C)C)c4)C2c2cc(O)cc(O)c23)cc(C(C)(C)C)c1O. The Labute approximate surface area is 269 Å². The maximum Gasteiger partial charge on any atom is 0.161 e. The third-order valence-electron chi connectivity index (χ3n) is 9.77. The summed E-state index contributed by atoms with van der Waals surface area (Å²) in [5.41, 5.74) is 4.46. The van der Waals surface area contributed by atoms with Gasteiger partial charge in [0.1, 0.15) is 23.0 Å². The molecule has 4 aromatic rings. The maximum absolute atomic E-state index is 11.6. The normalized spacial score (nSPS) is 20.3. The number of hydrogen-bond acceptors (Lipinski definition) is 8. The molecule has 2 bridgehead atoms. The van der Waals surface area contributed by atoms with Crippen molar-refractivity contribution in [2.75, 3.05) is 14.2 Å². The highest BCUT2D eigenvalue weighted by Crippen LogP contribution is 2.69. The Balaban J connectivity index is 1.76. The van der Waals surface area contributed by atoms with Crippen LogP contribution in [0.15, 0.2) is 48.5 Å². The summed E-state index contributed by atoms with van der Waals surface area (Å²) in [5.74, 6) is -1.73. The van der Waals surface area contributed by atoms with Crippen LogP contribution in [-0.2, 0) is 10.8 Å². The van der Waals surface area contributed by atoms with Crippen LogP contribution in [0.25, 0.3) is 0 Å². The van der Waals surface area contributed by atoms with Gasteiger partial charge in [-0.25, -0.2) is 0 Å². The van der Waals surface area contributed by atoms with E-state index < -0.39 is 34.5 Å². The smallest absolute Gasteiger partial charge is 0.161 e. The lowest BCUT2D eigenvalue weighted by molar-refractivity contribution is 0.359. The lowest BCUT2D eigenvalue weighted by atomic mass is 9.62. The Hall–Kier alpha value is -4.72. The first-order chi connectivity index (χ1) is 21.5. The van der Waals surface area contributed by atoms with E-state index in [-0.39, 0.29) is 40.2 Å². The Morgan fingerprint density at radius 2 is 0.935 bits per heavy atom. The van der Waals surface area contributed by atoms with E-state index >= 15 is 0 Å². The van der Waals surface area contributed by atoms with E-state index in [0.717, 1.165) is 11.1 Å². The van der Waals surface area contributed by atoms with Crippen LogP contribution in [0.2, 0.25) is 0 Å². The summed E-state index contributed by atoms with van der Waals surface area (Å²) in [6, 6.07) is 13.4. The van der Waals surface area contributed by atoms with Crippen LogP contribution in [0.4, 0.5) is 0 Å². The van der Waals surface area contributed by atoms with Crippen LogP contribution in [-0.4, -0.2) is 44.9 Å². The van der Waals surface area contributed by atoms with Gasteiger partial charge in [0, 0.05) is 58.1 Å². The number of ether oxygens (including phenoxy) is 2. The number of hydrogen-bond donors (Lipinski definition) is 6. The second-order valence-electron chi connectivity index (χ2n) is 14.7. The van der Waals surface area contributed by atoms with Crippen molar-refractivity contribution in [2.24, 2.45) is 0 Å². The predicted molar refractivity (Wildman–Crippen MR) is 175 cm³/mol. The number of rotatable bonds is 4. The molecule has 6 N–H and O–H groups in total. The van der Waals surface area contributed by atoms with Gasteiger partial charge < -0.3 is 40.1 Å². The van der Waals surface area contributed by atoms with E-state index in [1.807, 2.05) is 53.7 Å². The van der Waals surface area contributed by atoms with E-state index in [9.17, 15) is 30.6 Å². The summed E-state index contributed by atoms with van der Waals surface area (Å²) in [5, 5.41) is 67.1. The molecule has 3 unspecified atom stereocenters. The molecule has 0 fully saturated rings. The molecular formula is C38H42O8. The molecule has 0 radical (unpaired) electrons. The molecule has 8 nitrogen and oxygen atoms in total. The minimum absolute atomic E-state index is 0.0272. The Bertz CT molecular complexity index is 1880. The molecule has 0 saturated carbocycles. The van der Waals surface area contributed by atoms with E-state index in [4.69, 9.17) is 9.47 Å². The average Bonchev–Trinajstić information content (AvgIpc) is 3.22. The van der Waals surface area contributed by atoms with E-state index in [1.54, 1.807) is 24.3 Å². The van der Waals surface area contributed by atoms with Crippen LogP contribution in [0, 0.1) is 0 Å². The van der Waals surface area contributed by atoms with Gasteiger partial charge in [0.25, 0.3) is 0 Å². The number of phenolic OH excluding ortho intramolecular Hbond substituents is 6. The van der Waals surface area contributed by atoms with E-state index in [1.165, 1.54) is 26.4 Å². The summed E-state index contributed by atoms with van der Waals surface area (Å²) >= 11 is 0. The monoisotopic (exact) mass is 626 g/mol. The third kappa shape index (κ3) is 4.65. The van der Waals surface area contributed by atoms with Crippen LogP contribution < -0.4 is 9.47 Å². The van der Waals surface area contributed by atoms with Crippen LogP contribution in [0.1, 0.15) is 110 Å². The molecule has 4 aromatic carbocycles. The topological polar surface area (TPSA) is 140 Å². The molecule has 0 heterocycles. The Kier molecular flexibility index (Phi) is 7.07. The van der Waals surface area contributed by atoms with Crippen molar-refractivity contribution in [3.63, 3.8) is 0 Å². The van der Waals surface area contributed by atoms with Crippen LogP contribution in [0.3, 0.4) is 0 Å². The summed E-state index contributed by atoms with van der Waals surface area (Å²) in [4.78, 5) is 0. The molecule has 0 amide bonds. The zero-order valence-corrected chi connectivity index (χ0v) is 27.4. The third-order valence-corrected chi connectivity index (χ3v) is 9.77. The number of aromatic hydroxyl groups is 6. The molecule has 6 rings (SSSR count). The zero-order valence-electron chi connectivity index (χ0n) is 27.4. The molecule has 0 aromatic heterocycles. The van der Waals surface area contributed by atoms with Crippen LogP contribution >= 0.6 is 0 Å². The van der Waals surface area contributed by atoms with Crippen molar-refractivity contribution < 1.29 is 40.1 Å². The highest BCUT2D eigenvalue weighted by atomic mass is 16.5. The van der Waals surface area contributed by atoms with Crippen molar-refractivity contribution in [1.29, 1.82) is 0 Å². The lowest BCUT2D eigenvalue weighted by Crippen LogP contribution is -2.27. The molecular weight excluding hydrogens is 584 g/mol. The van der Waals surface area contributed by atoms with Gasteiger partial charge in [-0.3, -0.25) is 0 Å². The van der Waals surface area contributed by atoms with Gasteiger partial charge in [-0.05, 0) is 57.3 Å². The Morgan fingerprint density at radius 3 is 1.41 bits per heavy atom. The fourth-order valence-corrected chi connectivity index (χ4v) is 7.85. The minimum Gasteiger partial charge on any atom is -0.508 e. The fraction of sp³-hybridized carbons (Fsp3) is 0.368. The first kappa shape index (κ1) is 31.3. The zero-order chi connectivity index (χ0) is 33.6. The maximum atomic E-state index is 11.6. The number of methoxy groups -OCH3 is 2. The van der Waals surface area contributed by atoms with Gasteiger partial charge in [0.15, 0.2) is 23.0 Å². The van der Waals surface area contributed by atoms with Gasteiger partial charge in [0.05, 0.1) is 14.2 Å². The fourth-order valence-electron chi connectivity index (χ4n) is 7.85. The van der Waals surface area contributed by atoms with Crippen molar-refractivity contribution >= 4 is 0 Å². The number of phenols is 6. The average molecular weight is 627 g/mol. The molecule has 0 spiro atoms. The first-order valence-corrected chi connectivity index (χ1v) is 15.4. The summed E-state index contributed by atoms with van der Waals surface area (Å²) in [7, 11) is 3.00. The first-order valence-electron chi connectivity index (χ1n) is 15.4. The molecule has 46 heavy (non-hydrogen) atoms. The molecule has 8 heteroatoms. The van der Waals surface area contributed by atoms with Gasteiger partial charge in [0.2, 0.25) is 0 Å². The van der Waals surface area contributed by atoms with Crippen LogP contribution in [0.5, 0.6) is 46.0 Å². The van der Waals surface area contributed by atoms with Crippen molar-refractivity contribution in [2.45, 2.75) is 76.0 Å². The predicted octanol–water partition coefficient (Wildman–Crippen LogP) is 7.69. The van der Waals surface area contributed by atoms with E-state index in [2.05, 4.69) is 0 Å². The number of fused-ring (bicyclic) bond motifs is 7. The molecule has 242 valence electrons. The largest absolute Gasteiger partial charge is 0.508 e. The Morgan fingerprint density at radius 1 is 0.500 bits per heavy atom. The minimum atomic E-state index is -0.576. The lowest BCUT2D eigenvalue weighted by Gasteiger charge is -2.41. The van der Waals surface area contributed by atoms with Crippen molar-refractivity contribution in [3.8, 4) is 46.0 Å². The highest BCUT2D eigenvalue weighted by Gasteiger charge is 2.54. The second-order valence-corrected chi connectivity index (χ2v) is 14.7. The quantitative estimate of drug-likeness (QED) is 0.136. The molecule has 0 saturated heterocycles. The summed E-state index contributed by atoms with van der Waals surface area (Å²) in [6.45, 7) is 12.0. The molecule has 4 atom stereocenters.